The minimum Gasteiger partial charge on any atom is -0.495 e. The molecule has 0 saturated carbocycles. The fraction of sp³-hybridized carbons (Fsp3) is 0.310. The summed E-state index contributed by atoms with van der Waals surface area (Å²) in [5.74, 6) is 0.505. The van der Waals surface area contributed by atoms with Gasteiger partial charge in [-0.2, -0.15) is 0 Å². The predicted octanol–water partition coefficient (Wildman–Crippen LogP) is 4.83. The maximum absolute atomic E-state index is 13.2. The smallest absolute Gasteiger partial charge is 0.247 e. The molecule has 2 amide bonds. The van der Waals surface area contributed by atoms with E-state index in [0.717, 1.165) is 24.1 Å². The third kappa shape index (κ3) is 7.71. The molecule has 0 spiro atoms. The Balaban J connectivity index is 1.85. The van der Waals surface area contributed by atoms with Crippen molar-refractivity contribution in [1.82, 2.24) is 14.9 Å². The molecule has 2 aromatic carbocycles. The average molecular weight is 587 g/mol. The van der Waals surface area contributed by atoms with E-state index >= 15 is 0 Å². The van der Waals surface area contributed by atoms with Gasteiger partial charge in [-0.15, -0.1) is 0 Å². The van der Waals surface area contributed by atoms with Crippen molar-refractivity contribution < 1.29 is 19.1 Å². The van der Waals surface area contributed by atoms with E-state index in [1.807, 2.05) is 32.3 Å². The zero-order valence-electron chi connectivity index (χ0n) is 23.3. The second-order valence-electron chi connectivity index (χ2n) is 9.30. The Morgan fingerprint density at radius 1 is 1.02 bits per heavy atom. The predicted molar refractivity (Wildman–Crippen MR) is 159 cm³/mol. The van der Waals surface area contributed by atoms with E-state index in [0.29, 0.717) is 40.7 Å². The number of halogens is 2. The molecule has 0 saturated heterocycles. The zero-order valence-corrected chi connectivity index (χ0v) is 24.8. The summed E-state index contributed by atoms with van der Waals surface area (Å²) < 4.78 is 10.6. The summed E-state index contributed by atoms with van der Waals surface area (Å²) in [6.45, 7) is 4.43. The van der Waals surface area contributed by atoms with Gasteiger partial charge in [-0.25, -0.2) is 9.97 Å². The number of carbonyl (C=O) groups excluding carboxylic acids is 2. The van der Waals surface area contributed by atoms with Gasteiger partial charge in [-0.3, -0.25) is 14.5 Å². The van der Waals surface area contributed by atoms with E-state index in [-0.39, 0.29) is 28.3 Å². The molecule has 3 rings (SSSR count). The normalized spacial score (nSPS) is 10.8. The van der Waals surface area contributed by atoms with Gasteiger partial charge >= 0.3 is 0 Å². The monoisotopic (exact) mass is 585 g/mol. The molecule has 3 aromatic rings. The molecule has 0 fully saturated rings. The Morgan fingerprint density at radius 2 is 1.70 bits per heavy atom. The van der Waals surface area contributed by atoms with Gasteiger partial charge in [-0.05, 0) is 43.8 Å². The number of rotatable bonds is 12. The number of methoxy groups -OCH3 is 2. The highest BCUT2D eigenvalue weighted by atomic mass is 35.5. The number of likely N-dealkylation sites (N-methyl/N-ethyl adjacent to an activating group) is 2. The number of nitrogens with zero attached hydrogens (tertiary/aromatic N) is 4. The molecule has 1 aromatic heterocycles. The summed E-state index contributed by atoms with van der Waals surface area (Å²) in [7, 11) is 8.59. The van der Waals surface area contributed by atoms with Crippen LogP contribution >= 0.6 is 23.2 Å². The Kier molecular flexibility index (Phi) is 10.9. The van der Waals surface area contributed by atoms with Gasteiger partial charge < -0.3 is 19.7 Å². The van der Waals surface area contributed by atoms with Gasteiger partial charge in [0.25, 0.3) is 0 Å². The second-order valence-corrected chi connectivity index (χ2v) is 10.1. The second kappa shape index (κ2) is 14.1. The van der Waals surface area contributed by atoms with Crippen molar-refractivity contribution >= 4 is 46.5 Å². The molecule has 0 bridgehead atoms. The van der Waals surface area contributed by atoms with Crippen molar-refractivity contribution in [2.75, 3.05) is 52.1 Å². The molecule has 11 heteroatoms. The Hall–Kier alpha value is -3.66. The number of amides is 2. The van der Waals surface area contributed by atoms with Gasteiger partial charge in [0.15, 0.2) is 0 Å². The van der Waals surface area contributed by atoms with E-state index in [9.17, 15) is 9.59 Å². The first-order valence-electron chi connectivity index (χ1n) is 12.4. The lowest BCUT2D eigenvalue weighted by atomic mass is 10.0. The summed E-state index contributed by atoms with van der Waals surface area (Å²) in [5.41, 5.74) is 3.70. The van der Waals surface area contributed by atoms with Gasteiger partial charge in [0.2, 0.25) is 11.8 Å². The number of anilines is 2. The van der Waals surface area contributed by atoms with E-state index in [1.54, 1.807) is 19.2 Å². The fourth-order valence-electron chi connectivity index (χ4n) is 3.94. The SMILES string of the molecule is C=CC(=O)Nc1cc(CCN(C)C)ccc1Cc1cc(N(C)C(=O)Cc2c(Cl)c(OC)cc(OC)c2Cl)ncn1. The number of benzene rings is 2. The lowest BCUT2D eigenvalue weighted by Crippen LogP contribution is -2.29. The number of hydrogen-bond donors (Lipinski definition) is 1. The Labute approximate surface area is 244 Å². The van der Waals surface area contributed by atoms with Crippen LogP contribution in [-0.2, 0) is 28.9 Å². The molecule has 1 heterocycles. The molecule has 40 heavy (non-hydrogen) atoms. The first-order chi connectivity index (χ1) is 19.1. The highest BCUT2D eigenvalue weighted by Gasteiger charge is 2.22. The van der Waals surface area contributed by atoms with Crippen molar-refractivity contribution in [2.24, 2.45) is 0 Å². The molecule has 0 radical (unpaired) electrons. The minimum atomic E-state index is -0.300. The maximum Gasteiger partial charge on any atom is 0.247 e. The zero-order chi connectivity index (χ0) is 29.4. The van der Waals surface area contributed by atoms with Crippen molar-refractivity contribution in [3.05, 3.63) is 81.7 Å². The van der Waals surface area contributed by atoms with E-state index < -0.39 is 0 Å². The van der Waals surface area contributed by atoms with Crippen molar-refractivity contribution in [3.8, 4) is 11.5 Å². The molecule has 0 aliphatic rings. The van der Waals surface area contributed by atoms with E-state index in [4.69, 9.17) is 32.7 Å². The van der Waals surface area contributed by atoms with Crippen LogP contribution < -0.4 is 19.7 Å². The molecule has 0 aliphatic carbocycles. The molecule has 0 unspecified atom stereocenters. The number of hydrogen-bond acceptors (Lipinski definition) is 7. The van der Waals surface area contributed by atoms with Crippen LogP contribution in [0.2, 0.25) is 10.0 Å². The van der Waals surface area contributed by atoms with Gasteiger partial charge in [0.1, 0.15) is 23.6 Å². The molecule has 9 nitrogen and oxygen atoms in total. The van der Waals surface area contributed by atoms with Crippen LogP contribution in [0.1, 0.15) is 22.4 Å². The maximum atomic E-state index is 13.2. The Morgan fingerprint density at radius 3 is 2.30 bits per heavy atom. The highest BCUT2D eigenvalue weighted by Crippen LogP contribution is 2.40. The first kappa shape index (κ1) is 30.9. The molecule has 1 N–H and O–H groups in total. The van der Waals surface area contributed by atoms with Crippen molar-refractivity contribution in [1.29, 1.82) is 0 Å². The first-order valence-corrected chi connectivity index (χ1v) is 13.2. The van der Waals surface area contributed by atoms with Gasteiger partial charge in [-0.1, -0.05) is 41.9 Å². The standard InChI is InChI=1S/C29H33Cl2N5O4/c1-7-26(37)34-22-12-18(10-11-35(2)3)8-9-19(22)13-20-14-25(33-17-32-20)36(4)27(38)15-21-28(30)23(39-5)16-24(40-6)29(21)31/h7-9,12,14,16-17H,1,10-11,13,15H2,2-6H3,(H,34,37). The van der Waals surface area contributed by atoms with E-state index in [2.05, 4.69) is 26.8 Å². The molecule has 0 aliphatic heterocycles. The van der Waals surface area contributed by atoms with E-state index in [1.165, 1.54) is 31.5 Å². The summed E-state index contributed by atoms with van der Waals surface area (Å²) in [6, 6.07) is 9.27. The highest BCUT2D eigenvalue weighted by molar-refractivity contribution is 6.38. The molecule has 0 atom stereocenters. The largest absolute Gasteiger partial charge is 0.495 e. The fourth-order valence-corrected chi connectivity index (χ4v) is 4.57. The van der Waals surface area contributed by atoms with Crippen LogP contribution in [0.5, 0.6) is 11.5 Å². The summed E-state index contributed by atoms with van der Waals surface area (Å²) >= 11 is 12.9. The van der Waals surface area contributed by atoms with Crippen LogP contribution in [0.25, 0.3) is 0 Å². The summed E-state index contributed by atoms with van der Waals surface area (Å²) in [4.78, 5) is 37.6. The number of nitrogens with one attached hydrogen (secondary N) is 1. The third-order valence-corrected chi connectivity index (χ3v) is 7.09. The lowest BCUT2D eigenvalue weighted by Gasteiger charge is -2.19. The summed E-state index contributed by atoms with van der Waals surface area (Å²) in [5, 5.41) is 3.37. The minimum absolute atomic E-state index is 0.104. The van der Waals surface area contributed by atoms with Crippen LogP contribution in [-0.4, -0.2) is 68.6 Å². The van der Waals surface area contributed by atoms with Gasteiger partial charge in [0.05, 0.1) is 36.4 Å². The Bertz CT molecular complexity index is 1370. The molecular weight excluding hydrogens is 553 g/mol. The number of carbonyl (C=O) groups is 2. The third-order valence-electron chi connectivity index (χ3n) is 6.26. The molecule has 212 valence electrons. The van der Waals surface area contributed by atoms with Crippen molar-refractivity contribution in [3.63, 3.8) is 0 Å². The average Bonchev–Trinajstić information content (AvgIpc) is 2.95. The van der Waals surface area contributed by atoms with Gasteiger partial charge in [0, 0.05) is 43.4 Å². The topological polar surface area (TPSA) is 96.9 Å². The van der Waals surface area contributed by atoms with Crippen LogP contribution in [0, 0.1) is 0 Å². The quantitative estimate of drug-likeness (QED) is 0.304. The number of ether oxygens (including phenoxy) is 2. The van der Waals surface area contributed by atoms with Crippen LogP contribution in [0.3, 0.4) is 0 Å². The van der Waals surface area contributed by atoms with Crippen LogP contribution in [0.4, 0.5) is 11.5 Å². The number of aromatic nitrogens is 2. The van der Waals surface area contributed by atoms with Crippen LogP contribution in [0.15, 0.2) is 49.3 Å². The summed E-state index contributed by atoms with van der Waals surface area (Å²) in [6.07, 6.45) is 3.77. The molecular formula is C29H33Cl2N5O4. The lowest BCUT2D eigenvalue weighted by molar-refractivity contribution is -0.117. The van der Waals surface area contributed by atoms with Crippen molar-refractivity contribution in [2.45, 2.75) is 19.3 Å².